The zero-order chi connectivity index (χ0) is 20.2. The van der Waals surface area contributed by atoms with E-state index in [0.717, 1.165) is 34.3 Å². The summed E-state index contributed by atoms with van der Waals surface area (Å²) in [6.45, 7) is 3.96. The van der Waals surface area contributed by atoms with Crippen molar-refractivity contribution in [1.82, 2.24) is 19.5 Å². The lowest BCUT2D eigenvalue weighted by atomic mass is 9.95. The van der Waals surface area contributed by atoms with Gasteiger partial charge >= 0.3 is 0 Å². The van der Waals surface area contributed by atoms with Gasteiger partial charge in [-0.1, -0.05) is 19.3 Å². The molecule has 0 aliphatic heterocycles. The zero-order valence-corrected chi connectivity index (χ0v) is 17.3. The summed E-state index contributed by atoms with van der Waals surface area (Å²) in [4.78, 5) is 13.5. The molecule has 1 aliphatic carbocycles. The summed E-state index contributed by atoms with van der Waals surface area (Å²) in [7, 11) is 1.67. The van der Waals surface area contributed by atoms with Gasteiger partial charge in [0, 0.05) is 35.8 Å². The van der Waals surface area contributed by atoms with Gasteiger partial charge in [0.05, 0.1) is 24.8 Å². The van der Waals surface area contributed by atoms with Gasteiger partial charge in [-0.3, -0.25) is 0 Å². The summed E-state index contributed by atoms with van der Waals surface area (Å²) in [6.07, 6.45) is 10.1. The summed E-state index contributed by atoms with van der Waals surface area (Å²) in [6, 6.07) is 8.45. The number of aromatic nitrogens is 4. The third kappa shape index (κ3) is 4.67. The second kappa shape index (κ2) is 8.51. The molecule has 7 heteroatoms. The molecule has 1 fully saturated rings. The summed E-state index contributed by atoms with van der Waals surface area (Å²) in [5.41, 5.74) is 3.69. The molecule has 4 rings (SSSR count). The fourth-order valence-corrected chi connectivity index (χ4v) is 3.81. The van der Waals surface area contributed by atoms with Crippen LogP contribution in [0.4, 0.5) is 17.5 Å². The third-order valence-corrected chi connectivity index (χ3v) is 5.24. The highest BCUT2D eigenvalue weighted by atomic mass is 16.5. The van der Waals surface area contributed by atoms with Crippen LogP contribution in [0.1, 0.15) is 43.5 Å². The number of benzene rings is 1. The second-order valence-electron chi connectivity index (χ2n) is 7.63. The van der Waals surface area contributed by atoms with Crippen molar-refractivity contribution in [2.45, 2.75) is 52.0 Å². The van der Waals surface area contributed by atoms with Crippen molar-refractivity contribution in [1.29, 1.82) is 0 Å². The Hall–Kier alpha value is -3.09. The molecule has 0 amide bonds. The summed E-state index contributed by atoms with van der Waals surface area (Å²) in [5.74, 6) is 2.21. The molecule has 0 radical (unpaired) electrons. The first kappa shape index (κ1) is 19.2. The molecule has 3 aromatic rings. The molecule has 152 valence electrons. The molecule has 2 N–H and O–H groups in total. The summed E-state index contributed by atoms with van der Waals surface area (Å²) in [5, 5.41) is 6.89. The van der Waals surface area contributed by atoms with Gasteiger partial charge in [-0.15, -0.1) is 0 Å². The minimum atomic E-state index is 0.504. The number of anilines is 3. The van der Waals surface area contributed by atoms with Crippen molar-refractivity contribution in [3.8, 4) is 11.4 Å². The highest BCUT2D eigenvalue weighted by Gasteiger charge is 2.14. The van der Waals surface area contributed by atoms with Crippen LogP contribution in [0.3, 0.4) is 0 Å². The van der Waals surface area contributed by atoms with Crippen molar-refractivity contribution in [2.24, 2.45) is 0 Å². The molecular weight excluding hydrogens is 364 g/mol. The predicted octanol–water partition coefficient (Wildman–Crippen LogP) is 4.78. The van der Waals surface area contributed by atoms with E-state index in [1.807, 2.05) is 48.9 Å². The molecule has 1 saturated carbocycles. The number of rotatable bonds is 6. The molecule has 0 saturated heterocycles. The highest BCUT2D eigenvalue weighted by Crippen LogP contribution is 2.28. The molecule has 0 bridgehead atoms. The van der Waals surface area contributed by atoms with Crippen LogP contribution in [0.2, 0.25) is 0 Å². The fourth-order valence-electron chi connectivity index (χ4n) is 3.81. The van der Waals surface area contributed by atoms with Gasteiger partial charge in [0.1, 0.15) is 11.6 Å². The Balaban J connectivity index is 1.54. The van der Waals surface area contributed by atoms with Gasteiger partial charge in [0.15, 0.2) is 0 Å². The Morgan fingerprint density at radius 3 is 2.59 bits per heavy atom. The SMILES string of the molecule is COc1cc(Nc2nc(C)cc(NC3CCCCC3)n2)ccc1-n1cnc(C)c1. The number of imidazole rings is 1. The van der Waals surface area contributed by atoms with E-state index >= 15 is 0 Å². The minimum absolute atomic E-state index is 0.504. The number of nitrogens with zero attached hydrogens (tertiary/aromatic N) is 4. The molecule has 2 heterocycles. The average molecular weight is 393 g/mol. The summed E-state index contributed by atoms with van der Waals surface area (Å²) < 4.78 is 7.55. The molecule has 0 atom stereocenters. The fraction of sp³-hybridized carbons (Fsp3) is 0.409. The Bertz CT molecular complexity index is 977. The van der Waals surface area contributed by atoms with Crippen molar-refractivity contribution in [2.75, 3.05) is 17.7 Å². The van der Waals surface area contributed by atoms with Crippen molar-refractivity contribution in [3.63, 3.8) is 0 Å². The van der Waals surface area contributed by atoms with E-state index in [9.17, 15) is 0 Å². The normalized spacial score (nSPS) is 14.6. The van der Waals surface area contributed by atoms with E-state index in [4.69, 9.17) is 4.74 Å². The van der Waals surface area contributed by atoms with E-state index in [1.165, 1.54) is 32.1 Å². The Labute approximate surface area is 171 Å². The van der Waals surface area contributed by atoms with E-state index in [1.54, 1.807) is 13.4 Å². The number of ether oxygens (including phenoxy) is 1. The minimum Gasteiger partial charge on any atom is -0.494 e. The second-order valence-corrected chi connectivity index (χ2v) is 7.63. The van der Waals surface area contributed by atoms with E-state index in [2.05, 4.69) is 25.6 Å². The third-order valence-electron chi connectivity index (χ3n) is 5.24. The first-order valence-corrected chi connectivity index (χ1v) is 10.2. The van der Waals surface area contributed by atoms with E-state index < -0.39 is 0 Å². The van der Waals surface area contributed by atoms with Gasteiger partial charge in [0.25, 0.3) is 0 Å². The maximum atomic E-state index is 5.59. The van der Waals surface area contributed by atoms with Crippen LogP contribution < -0.4 is 15.4 Å². The molecule has 0 unspecified atom stereocenters. The van der Waals surface area contributed by atoms with Crippen LogP contribution in [0, 0.1) is 13.8 Å². The molecule has 0 spiro atoms. The van der Waals surface area contributed by atoms with Crippen LogP contribution in [-0.4, -0.2) is 32.7 Å². The Kier molecular flexibility index (Phi) is 5.64. The number of hydrogen-bond donors (Lipinski definition) is 2. The molecule has 1 aliphatic rings. The predicted molar refractivity (Wildman–Crippen MR) is 115 cm³/mol. The molecule has 7 nitrogen and oxygen atoms in total. The maximum Gasteiger partial charge on any atom is 0.229 e. The van der Waals surface area contributed by atoms with Gasteiger partial charge < -0.3 is 19.9 Å². The lowest BCUT2D eigenvalue weighted by molar-refractivity contribution is 0.413. The van der Waals surface area contributed by atoms with Crippen LogP contribution in [-0.2, 0) is 0 Å². The van der Waals surface area contributed by atoms with Gasteiger partial charge in [-0.05, 0) is 38.8 Å². The molecular formula is C22H28N6O. The maximum absolute atomic E-state index is 5.59. The molecule has 2 aromatic heterocycles. The Morgan fingerprint density at radius 1 is 1.03 bits per heavy atom. The summed E-state index contributed by atoms with van der Waals surface area (Å²) >= 11 is 0. The van der Waals surface area contributed by atoms with E-state index in [-0.39, 0.29) is 0 Å². The number of nitrogens with one attached hydrogen (secondary N) is 2. The number of aryl methyl sites for hydroxylation is 2. The number of hydrogen-bond acceptors (Lipinski definition) is 6. The van der Waals surface area contributed by atoms with Crippen LogP contribution in [0.25, 0.3) is 5.69 Å². The zero-order valence-electron chi connectivity index (χ0n) is 17.3. The monoisotopic (exact) mass is 392 g/mol. The standard InChI is InChI=1S/C22H28N6O/c1-15-11-21(25-17-7-5-4-6-8-17)27-22(24-15)26-18-9-10-19(20(12-18)29-3)28-13-16(2)23-14-28/h9-14,17H,4-8H2,1-3H3,(H2,24,25,26,27). The molecule has 1 aromatic carbocycles. The Morgan fingerprint density at radius 2 is 1.86 bits per heavy atom. The lowest BCUT2D eigenvalue weighted by Crippen LogP contribution is -2.23. The smallest absolute Gasteiger partial charge is 0.229 e. The number of methoxy groups -OCH3 is 1. The first-order chi connectivity index (χ1) is 14.1. The van der Waals surface area contributed by atoms with Gasteiger partial charge in [-0.2, -0.15) is 4.98 Å². The molecule has 29 heavy (non-hydrogen) atoms. The topological polar surface area (TPSA) is 76.9 Å². The van der Waals surface area contributed by atoms with Crippen LogP contribution in [0.5, 0.6) is 5.75 Å². The van der Waals surface area contributed by atoms with Crippen molar-refractivity contribution in [3.05, 3.63) is 48.2 Å². The van der Waals surface area contributed by atoms with E-state index in [0.29, 0.717) is 12.0 Å². The highest BCUT2D eigenvalue weighted by molar-refractivity contribution is 5.62. The van der Waals surface area contributed by atoms with Gasteiger partial charge in [-0.25, -0.2) is 9.97 Å². The van der Waals surface area contributed by atoms with Gasteiger partial charge in [0.2, 0.25) is 5.95 Å². The quantitative estimate of drug-likeness (QED) is 0.629. The van der Waals surface area contributed by atoms with Crippen LogP contribution >= 0.6 is 0 Å². The first-order valence-electron chi connectivity index (χ1n) is 10.2. The largest absolute Gasteiger partial charge is 0.494 e. The van der Waals surface area contributed by atoms with Crippen molar-refractivity contribution < 1.29 is 4.74 Å². The van der Waals surface area contributed by atoms with Crippen molar-refractivity contribution >= 4 is 17.5 Å². The average Bonchev–Trinajstić information content (AvgIpc) is 3.14. The van der Waals surface area contributed by atoms with Crippen LogP contribution in [0.15, 0.2) is 36.8 Å². The lowest BCUT2D eigenvalue weighted by Gasteiger charge is -2.23.